The van der Waals surface area contributed by atoms with Gasteiger partial charge in [0.15, 0.2) is 0 Å². The van der Waals surface area contributed by atoms with Gasteiger partial charge >= 0.3 is 0 Å². The van der Waals surface area contributed by atoms with Crippen molar-refractivity contribution in [2.75, 3.05) is 6.61 Å². The minimum atomic E-state index is 0.776. The number of rotatable bonds is 8. The third-order valence-electron chi connectivity index (χ3n) is 3.05. The quantitative estimate of drug-likeness (QED) is 0.477. The van der Waals surface area contributed by atoms with Crippen LogP contribution < -0.4 is 4.74 Å². The van der Waals surface area contributed by atoms with E-state index in [1.54, 1.807) is 12.4 Å². The Hall–Kier alpha value is -2.23. The number of hydrogen-bond donors (Lipinski definition) is 0. The largest absolute Gasteiger partial charge is 0.494 e. The normalized spacial score (nSPS) is 10.9. The molecule has 21 heavy (non-hydrogen) atoms. The molecule has 0 aliphatic heterocycles. The van der Waals surface area contributed by atoms with Gasteiger partial charge in [-0.3, -0.25) is 4.98 Å². The van der Waals surface area contributed by atoms with Crippen molar-refractivity contribution < 1.29 is 4.74 Å². The Balaban J connectivity index is 1.80. The Morgan fingerprint density at radius 1 is 0.857 bits per heavy atom. The van der Waals surface area contributed by atoms with Gasteiger partial charge in [0.25, 0.3) is 0 Å². The number of benzene rings is 1. The molecule has 0 atom stereocenters. The van der Waals surface area contributed by atoms with Gasteiger partial charge in [0, 0.05) is 12.4 Å². The lowest BCUT2D eigenvalue weighted by Gasteiger charge is -2.05. The fourth-order valence-electron chi connectivity index (χ4n) is 1.85. The molecule has 0 radical (unpaired) electrons. The highest BCUT2D eigenvalue weighted by Gasteiger charge is 1.95. The molecular formula is C17H21N3O. The summed E-state index contributed by atoms with van der Waals surface area (Å²) in [6, 6.07) is 11.3. The first-order valence-corrected chi connectivity index (χ1v) is 7.43. The van der Waals surface area contributed by atoms with E-state index in [0.29, 0.717) is 0 Å². The molecule has 1 aromatic heterocycles. The maximum atomic E-state index is 5.69. The predicted molar refractivity (Wildman–Crippen MR) is 84.5 cm³/mol. The number of nitrogens with zero attached hydrogens (tertiary/aromatic N) is 3. The molecule has 110 valence electrons. The number of aromatic nitrogens is 1. The maximum Gasteiger partial charge on any atom is 0.119 e. The zero-order chi connectivity index (χ0) is 14.8. The summed E-state index contributed by atoms with van der Waals surface area (Å²) in [6.45, 7) is 2.98. The Kier molecular flexibility index (Phi) is 6.39. The Morgan fingerprint density at radius 3 is 2.19 bits per heavy atom. The van der Waals surface area contributed by atoms with Crippen LogP contribution in [-0.2, 0) is 0 Å². The lowest BCUT2D eigenvalue weighted by Crippen LogP contribution is -1.96. The summed E-state index contributed by atoms with van der Waals surface area (Å²) in [5.74, 6) is 0.884. The van der Waals surface area contributed by atoms with Crippen LogP contribution >= 0.6 is 0 Å². The average molecular weight is 283 g/mol. The van der Waals surface area contributed by atoms with E-state index in [2.05, 4.69) is 22.1 Å². The second kappa shape index (κ2) is 8.84. The van der Waals surface area contributed by atoms with Crippen LogP contribution in [0.2, 0.25) is 0 Å². The highest BCUT2D eigenvalue weighted by atomic mass is 16.5. The number of pyridine rings is 1. The first-order chi connectivity index (χ1) is 10.4. The van der Waals surface area contributed by atoms with Crippen LogP contribution in [0, 0.1) is 0 Å². The van der Waals surface area contributed by atoms with Gasteiger partial charge in [0.05, 0.1) is 18.0 Å². The van der Waals surface area contributed by atoms with Crippen molar-refractivity contribution in [1.82, 2.24) is 4.98 Å². The number of hydrogen-bond acceptors (Lipinski definition) is 4. The molecule has 1 heterocycles. The van der Waals surface area contributed by atoms with Gasteiger partial charge < -0.3 is 4.74 Å². The summed E-state index contributed by atoms with van der Waals surface area (Å²) < 4.78 is 5.69. The summed E-state index contributed by atoms with van der Waals surface area (Å²) in [7, 11) is 0. The molecule has 0 fully saturated rings. The molecule has 2 rings (SSSR count). The molecule has 0 unspecified atom stereocenters. The van der Waals surface area contributed by atoms with Gasteiger partial charge in [-0.15, -0.1) is 0 Å². The van der Waals surface area contributed by atoms with Crippen LogP contribution in [-0.4, -0.2) is 11.6 Å². The highest BCUT2D eigenvalue weighted by molar-refractivity contribution is 5.42. The maximum absolute atomic E-state index is 5.69. The molecule has 0 amide bonds. The van der Waals surface area contributed by atoms with E-state index in [-0.39, 0.29) is 0 Å². The molecule has 0 bridgehead atoms. The second-order valence-corrected chi connectivity index (χ2v) is 4.81. The SMILES string of the molecule is CCCCCCOc1ccc(N=Nc2ccncc2)cc1. The van der Waals surface area contributed by atoms with Gasteiger partial charge in [-0.2, -0.15) is 10.2 Å². The van der Waals surface area contributed by atoms with E-state index >= 15 is 0 Å². The Morgan fingerprint density at radius 2 is 1.52 bits per heavy atom. The van der Waals surface area contributed by atoms with Gasteiger partial charge in [-0.1, -0.05) is 26.2 Å². The fraction of sp³-hybridized carbons (Fsp3) is 0.353. The zero-order valence-corrected chi connectivity index (χ0v) is 12.4. The van der Waals surface area contributed by atoms with E-state index < -0.39 is 0 Å². The number of azo groups is 1. The first kappa shape index (κ1) is 15.2. The molecular weight excluding hydrogens is 262 g/mol. The molecule has 4 heteroatoms. The van der Waals surface area contributed by atoms with Crippen LogP contribution in [0.25, 0.3) is 0 Å². The number of ether oxygens (including phenoxy) is 1. The second-order valence-electron chi connectivity index (χ2n) is 4.81. The van der Waals surface area contributed by atoms with Crippen molar-refractivity contribution in [3.05, 3.63) is 48.8 Å². The summed E-state index contributed by atoms with van der Waals surface area (Å²) in [5, 5.41) is 8.33. The molecule has 0 saturated carbocycles. The van der Waals surface area contributed by atoms with Gasteiger partial charge in [-0.25, -0.2) is 0 Å². The minimum Gasteiger partial charge on any atom is -0.494 e. The van der Waals surface area contributed by atoms with E-state index in [4.69, 9.17) is 4.74 Å². The molecule has 0 aliphatic rings. The van der Waals surface area contributed by atoms with Crippen molar-refractivity contribution in [2.45, 2.75) is 32.6 Å². The van der Waals surface area contributed by atoms with Crippen LogP contribution in [0.1, 0.15) is 32.6 Å². The molecule has 2 aromatic rings. The molecule has 1 aromatic carbocycles. The van der Waals surface area contributed by atoms with Crippen molar-refractivity contribution in [2.24, 2.45) is 10.2 Å². The van der Waals surface area contributed by atoms with Crippen LogP contribution in [0.3, 0.4) is 0 Å². The van der Waals surface area contributed by atoms with Crippen molar-refractivity contribution in [3.8, 4) is 5.75 Å². The van der Waals surface area contributed by atoms with E-state index in [1.807, 2.05) is 36.4 Å². The van der Waals surface area contributed by atoms with Crippen LogP contribution in [0.5, 0.6) is 5.75 Å². The van der Waals surface area contributed by atoms with Gasteiger partial charge in [0.1, 0.15) is 5.75 Å². The topological polar surface area (TPSA) is 46.8 Å². The monoisotopic (exact) mass is 283 g/mol. The molecule has 0 aliphatic carbocycles. The molecule has 0 N–H and O–H groups in total. The Labute approximate surface area is 125 Å². The van der Waals surface area contributed by atoms with Crippen molar-refractivity contribution >= 4 is 11.4 Å². The van der Waals surface area contributed by atoms with Crippen LogP contribution in [0.4, 0.5) is 11.4 Å². The lowest BCUT2D eigenvalue weighted by atomic mass is 10.2. The third kappa shape index (κ3) is 5.73. The van der Waals surface area contributed by atoms with Gasteiger partial charge in [0.2, 0.25) is 0 Å². The predicted octanol–water partition coefficient (Wildman–Crippen LogP) is 5.46. The Bertz CT molecular complexity index is 538. The van der Waals surface area contributed by atoms with E-state index in [9.17, 15) is 0 Å². The standard InChI is InChI=1S/C17H21N3O/c1-2-3-4-5-14-21-17-8-6-15(7-9-17)19-20-16-10-12-18-13-11-16/h6-13H,2-5,14H2,1H3. The highest BCUT2D eigenvalue weighted by Crippen LogP contribution is 2.21. The van der Waals surface area contributed by atoms with Gasteiger partial charge in [-0.05, 0) is 42.8 Å². The third-order valence-corrected chi connectivity index (χ3v) is 3.05. The summed E-state index contributed by atoms with van der Waals surface area (Å²) in [5.41, 5.74) is 1.60. The minimum absolute atomic E-state index is 0.776. The lowest BCUT2D eigenvalue weighted by molar-refractivity contribution is 0.305. The van der Waals surface area contributed by atoms with Crippen LogP contribution in [0.15, 0.2) is 59.0 Å². The summed E-state index contributed by atoms with van der Waals surface area (Å²) >= 11 is 0. The average Bonchev–Trinajstić information content (AvgIpc) is 2.55. The van der Waals surface area contributed by atoms with Crippen molar-refractivity contribution in [1.29, 1.82) is 0 Å². The van der Waals surface area contributed by atoms with E-state index in [1.165, 1.54) is 19.3 Å². The summed E-state index contributed by atoms with van der Waals surface area (Å²) in [4.78, 5) is 3.94. The first-order valence-electron chi connectivity index (χ1n) is 7.43. The zero-order valence-electron chi connectivity index (χ0n) is 12.4. The molecule has 4 nitrogen and oxygen atoms in total. The van der Waals surface area contributed by atoms with E-state index in [0.717, 1.165) is 30.2 Å². The summed E-state index contributed by atoms with van der Waals surface area (Å²) in [6.07, 6.45) is 8.26. The smallest absolute Gasteiger partial charge is 0.119 e. The van der Waals surface area contributed by atoms with Crippen molar-refractivity contribution in [3.63, 3.8) is 0 Å². The number of unbranched alkanes of at least 4 members (excludes halogenated alkanes) is 3. The molecule has 0 saturated heterocycles. The fourth-order valence-corrected chi connectivity index (χ4v) is 1.85. The molecule has 0 spiro atoms.